The smallest absolute Gasteiger partial charge is 0.225 e. The number of para-hydroxylation sites is 2. The molecule has 4 heteroatoms. The molecular weight excluding hydrogens is 360 g/mol. The zero-order valence-electron chi connectivity index (χ0n) is 17.3. The van der Waals surface area contributed by atoms with Crippen molar-refractivity contribution in [3.63, 3.8) is 0 Å². The molecule has 2 aromatic rings. The lowest BCUT2D eigenvalue weighted by Gasteiger charge is -2.44. The summed E-state index contributed by atoms with van der Waals surface area (Å²) >= 11 is 0. The van der Waals surface area contributed by atoms with Crippen LogP contribution in [0.4, 0.5) is 11.4 Å². The van der Waals surface area contributed by atoms with Crippen molar-refractivity contribution < 1.29 is 9.53 Å². The van der Waals surface area contributed by atoms with Crippen LogP contribution in [-0.4, -0.2) is 43.2 Å². The molecule has 1 aliphatic carbocycles. The Morgan fingerprint density at radius 2 is 1.66 bits per heavy atom. The molecule has 1 spiro atoms. The highest BCUT2D eigenvalue weighted by Crippen LogP contribution is 2.49. The minimum atomic E-state index is -0.184. The standard InChI is InChI=1S/C25H30N2O2/c1-29-25(12-7-13-25)18-23(28)26-16-14-24(15-17-26)19-27(20-8-3-2-4-9-20)22-11-6-5-10-21(22)24/h2-6,8-11H,7,12-19H2,1H3. The van der Waals surface area contributed by atoms with E-state index < -0.39 is 0 Å². The summed E-state index contributed by atoms with van der Waals surface area (Å²) in [4.78, 5) is 17.5. The van der Waals surface area contributed by atoms with Gasteiger partial charge in [-0.05, 0) is 55.9 Å². The van der Waals surface area contributed by atoms with Gasteiger partial charge in [-0.1, -0.05) is 36.4 Å². The van der Waals surface area contributed by atoms with Gasteiger partial charge in [-0.2, -0.15) is 0 Å². The fourth-order valence-electron chi connectivity index (χ4n) is 5.49. The van der Waals surface area contributed by atoms with Crippen molar-refractivity contribution in [3.8, 4) is 0 Å². The summed E-state index contributed by atoms with van der Waals surface area (Å²) in [7, 11) is 1.76. The Balaban J connectivity index is 1.33. The van der Waals surface area contributed by atoms with E-state index in [0.717, 1.165) is 45.3 Å². The maximum Gasteiger partial charge on any atom is 0.225 e. The predicted molar refractivity (Wildman–Crippen MR) is 116 cm³/mol. The molecule has 0 atom stereocenters. The van der Waals surface area contributed by atoms with Gasteiger partial charge in [0.15, 0.2) is 0 Å². The second-order valence-corrected chi connectivity index (χ2v) is 9.02. The molecule has 0 N–H and O–H groups in total. The van der Waals surface area contributed by atoms with E-state index in [1.807, 2.05) is 0 Å². The van der Waals surface area contributed by atoms with E-state index >= 15 is 0 Å². The number of methoxy groups -OCH3 is 1. The first-order valence-corrected chi connectivity index (χ1v) is 10.9. The lowest BCUT2D eigenvalue weighted by atomic mass is 9.73. The third-order valence-electron chi connectivity index (χ3n) is 7.54. The number of fused-ring (bicyclic) bond motifs is 2. The molecule has 0 bridgehead atoms. The lowest BCUT2D eigenvalue weighted by Crippen LogP contribution is -2.50. The number of amides is 1. The van der Waals surface area contributed by atoms with Gasteiger partial charge in [0, 0.05) is 43.5 Å². The zero-order chi connectivity index (χ0) is 19.9. The van der Waals surface area contributed by atoms with E-state index in [-0.39, 0.29) is 16.9 Å². The second kappa shape index (κ2) is 7.17. The predicted octanol–water partition coefficient (Wildman–Crippen LogP) is 4.66. The Morgan fingerprint density at radius 3 is 2.31 bits per heavy atom. The van der Waals surface area contributed by atoms with Gasteiger partial charge in [-0.15, -0.1) is 0 Å². The minimum Gasteiger partial charge on any atom is -0.378 e. The highest BCUT2D eigenvalue weighted by atomic mass is 16.5. The molecular formula is C25H30N2O2. The largest absolute Gasteiger partial charge is 0.378 e. The number of nitrogens with zero attached hydrogens (tertiary/aromatic N) is 2. The number of carbonyl (C=O) groups excluding carboxylic acids is 1. The molecule has 0 unspecified atom stereocenters. The average molecular weight is 391 g/mol. The number of benzene rings is 2. The number of likely N-dealkylation sites (tertiary alicyclic amines) is 1. The average Bonchev–Trinajstić information content (AvgIpc) is 3.06. The van der Waals surface area contributed by atoms with Crippen molar-refractivity contribution in [2.45, 2.75) is 49.5 Å². The van der Waals surface area contributed by atoms with Gasteiger partial charge in [0.1, 0.15) is 0 Å². The first-order valence-electron chi connectivity index (χ1n) is 10.9. The van der Waals surface area contributed by atoms with Crippen LogP contribution in [-0.2, 0) is 14.9 Å². The summed E-state index contributed by atoms with van der Waals surface area (Å²) in [6.45, 7) is 2.69. The van der Waals surface area contributed by atoms with Gasteiger partial charge < -0.3 is 14.5 Å². The first kappa shape index (κ1) is 18.7. The van der Waals surface area contributed by atoms with Gasteiger partial charge in [0.05, 0.1) is 12.0 Å². The number of anilines is 2. The third-order valence-corrected chi connectivity index (χ3v) is 7.54. The summed E-state index contributed by atoms with van der Waals surface area (Å²) in [6, 6.07) is 19.5. The van der Waals surface area contributed by atoms with Crippen LogP contribution in [0.5, 0.6) is 0 Å². The van der Waals surface area contributed by atoms with E-state index in [1.165, 1.54) is 23.4 Å². The van der Waals surface area contributed by atoms with Crippen LogP contribution < -0.4 is 4.90 Å². The monoisotopic (exact) mass is 390 g/mol. The molecule has 3 aliphatic rings. The lowest BCUT2D eigenvalue weighted by molar-refractivity contribution is -0.145. The molecule has 1 saturated heterocycles. The Hall–Kier alpha value is -2.33. The fourth-order valence-corrected chi connectivity index (χ4v) is 5.49. The molecule has 29 heavy (non-hydrogen) atoms. The van der Waals surface area contributed by atoms with E-state index in [4.69, 9.17) is 4.74 Å². The van der Waals surface area contributed by atoms with Crippen LogP contribution in [0.1, 0.15) is 44.1 Å². The topological polar surface area (TPSA) is 32.8 Å². The van der Waals surface area contributed by atoms with Crippen molar-refractivity contribution in [1.82, 2.24) is 4.90 Å². The maximum absolute atomic E-state index is 12.9. The highest BCUT2D eigenvalue weighted by Gasteiger charge is 2.46. The first-order chi connectivity index (χ1) is 14.1. The van der Waals surface area contributed by atoms with E-state index in [2.05, 4.69) is 64.4 Å². The molecule has 5 rings (SSSR count). The molecule has 2 aromatic carbocycles. The fraction of sp³-hybridized carbons (Fsp3) is 0.480. The Bertz CT molecular complexity index is 877. The van der Waals surface area contributed by atoms with Gasteiger partial charge in [0.2, 0.25) is 5.91 Å². The summed E-state index contributed by atoms with van der Waals surface area (Å²) in [5, 5.41) is 0. The SMILES string of the molecule is COC1(CC(=O)N2CCC3(CC2)CN(c2ccccc2)c2ccccc23)CCC1. The van der Waals surface area contributed by atoms with Crippen LogP contribution in [0, 0.1) is 0 Å². The minimum absolute atomic E-state index is 0.138. The number of carbonyl (C=O) groups is 1. The van der Waals surface area contributed by atoms with Gasteiger partial charge in [0.25, 0.3) is 0 Å². The van der Waals surface area contributed by atoms with Crippen LogP contribution in [0.2, 0.25) is 0 Å². The quantitative estimate of drug-likeness (QED) is 0.761. The van der Waals surface area contributed by atoms with Crippen molar-refractivity contribution >= 4 is 17.3 Å². The molecule has 4 nitrogen and oxygen atoms in total. The van der Waals surface area contributed by atoms with Crippen LogP contribution in [0.3, 0.4) is 0 Å². The number of hydrogen-bond acceptors (Lipinski definition) is 3. The highest BCUT2D eigenvalue weighted by molar-refractivity contribution is 5.78. The molecule has 2 heterocycles. The molecule has 2 fully saturated rings. The van der Waals surface area contributed by atoms with Crippen LogP contribution >= 0.6 is 0 Å². The van der Waals surface area contributed by atoms with Gasteiger partial charge >= 0.3 is 0 Å². The summed E-state index contributed by atoms with van der Waals surface area (Å²) in [6.07, 6.45) is 5.82. The van der Waals surface area contributed by atoms with Crippen molar-refractivity contribution in [2.24, 2.45) is 0 Å². The second-order valence-electron chi connectivity index (χ2n) is 9.02. The van der Waals surface area contributed by atoms with E-state index in [9.17, 15) is 4.79 Å². The Morgan fingerprint density at radius 1 is 0.966 bits per heavy atom. The molecule has 152 valence electrons. The number of ether oxygens (including phenoxy) is 1. The molecule has 1 saturated carbocycles. The Labute approximate surface area is 173 Å². The van der Waals surface area contributed by atoms with Crippen molar-refractivity contribution in [1.29, 1.82) is 0 Å². The van der Waals surface area contributed by atoms with E-state index in [0.29, 0.717) is 6.42 Å². The summed E-state index contributed by atoms with van der Waals surface area (Å²) in [5.74, 6) is 0.271. The van der Waals surface area contributed by atoms with E-state index in [1.54, 1.807) is 7.11 Å². The maximum atomic E-state index is 12.9. The van der Waals surface area contributed by atoms with Crippen molar-refractivity contribution in [3.05, 3.63) is 60.2 Å². The van der Waals surface area contributed by atoms with Gasteiger partial charge in [-0.25, -0.2) is 0 Å². The summed E-state index contributed by atoms with van der Waals surface area (Å²) < 4.78 is 5.68. The summed E-state index contributed by atoms with van der Waals surface area (Å²) in [5.41, 5.74) is 3.98. The molecule has 2 aliphatic heterocycles. The van der Waals surface area contributed by atoms with Gasteiger partial charge in [-0.3, -0.25) is 4.79 Å². The number of piperidine rings is 1. The molecule has 0 aromatic heterocycles. The van der Waals surface area contributed by atoms with Crippen molar-refractivity contribution in [2.75, 3.05) is 31.6 Å². The number of rotatable bonds is 4. The molecule has 0 radical (unpaired) electrons. The normalized spacial score (nSPS) is 21.7. The van der Waals surface area contributed by atoms with Crippen LogP contribution in [0.25, 0.3) is 0 Å². The number of hydrogen-bond donors (Lipinski definition) is 0. The Kier molecular flexibility index (Phi) is 4.62. The van der Waals surface area contributed by atoms with Crippen LogP contribution in [0.15, 0.2) is 54.6 Å². The molecule has 1 amide bonds. The third kappa shape index (κ3) is 3.14. The zero-order valence-corrected chi connectivity index (χ0v) is 17.3.